The zero-order chi connectivity index (χ0) is 15.2. The predicted octanol–water partition coefficient (Wildman–Crippen LogP) is 0.831. The van der Waals surface area contributed by atoms with Crippen LogP contribution in [0.4, 0.5) is 8.78 Å². The first kappa shape index (κ1) is 17.2. The fourth-order valence-electron chi connectivity index (χ4n) is 1.20. The van der Waals surface area contributed by atoms with Crippen molar-refractivity contribution >= 4 is 20.2 Å². The Morgan fingerprint density at radius 3 is 2.45 bits per heavy atom. The summed E-state index contributed by atoms with van der Waals surface area (Å²) in [6.07, 6.45) is 2.23. The molecule has 0 aromatic rings. The highest BCUT2D eigenvalue weighted by atomic mass is 32.2. The minimum Gasteiger partial charge on any atom is -0.269 e. The highest BCUT2D eigenvalue weighted by Crippen LogP contribution is 2.10. The average molecular weight is 332 g/mol. The molecule has 0 fully saturated rings. The molecule has 1 unspecified atom stereocenters. The molecule has 6 nitrogen and oxygen atoms in total. The maximum Gasteiger partial charge on any atom is 0.271 e. The molecule has 2 aliphatic rings. The van der Waals surface area contributed by atoms with Gasteiger partial charge < -0.3 is 0 Å². The van der Waals surface area contributed by atoms with Crippen LogP contribution in [-0.2, 0) is 28.6 Å². The minimum atomic E-state index is -3.48. The van der Waals surface area contributed by atoms with E-state index in [9.17, 15) is 25.6 Å². The third kappa shape index (κ3) is 7.08. The molecule has 0 saturated carbocycles. The topological polar surface area (TPSA) is 86.7 Å². The molecule has 2 heterocycles. The highest BCUT2D eigenvalue weighted by Gasteiger charge is 2.16. The molecule has 2 aliphatic heterocycles. The fraction of sp³-hybridized carbons (Fsp3) is 0.600. The van der Waals surface area contributed by atoms with Crippen LogP contribution in [0.5, 0.6) is 0 Å². The molecule has 116 valence electrons. The van der Waals surface area contributed by atoms with Gasteiger partial charge in [-0.25, -0.2) is 8.78 Å². The summed E-state index contributed by atoms with van der Waals surface area (Å²) < 4.78 is 75.5. The summed E-state index contributed by atoms with van der Waals surface area (Å²) in [6.45, 7) is -0.469. The van der Waals surface area contributed by atoms with Gasteiger partial charge in [0, 0.05) is 6.42 Å². The highest BCUT2D eigenvalue weighted by molar-refractivity contribution is 7.87. The number of hydrogen-bond donors (Lipinski definition) is 0. The fourth-order valence-corrected chi connectivity index (χ4v) is 2.80. The smallest absolute Gasteiger partial charge is 0.269 e. The lowest BCUT2D eigenvalue weighted by Crippen LogP contribution is -2.11. The molecule has 2 rings (SSSR count). The normalized spacial score (nSPS) is 28.3. The largest absolute Gasteiger partial charge is 0.271 e. The summed E-state index contributed by atoms with van der Waals surface area (Å²) in [5.41, 5.74) is 0. The van der Waals surface area contributed by atoms with Crippen molar-refractivity contribution in [2.75, 3.05) is 24.7 Å². The van der Waals surface area contributed by atoms with Crippen LogP contribution in [0.2, 0.25) is 0 Å². The van der Waals surface area contributed by atoms with Crippen molar-refractivity contribution in [2.45, 2.75) is 12.6 Å². The molecule has 10 heteroatoms. The van der Waals surface area contributed by atoms with Gasteiger partial charge in [-0.2, -0.15) is 16.8 Å². The molecule has 0 aromatic heterocycles. The van der Waals surface area contributed by atoms with Crippen molar-refractivity contribution in [2.24, 2.45) is 0 Å². The molecule has 0 amide bonds. The monoisotopic (exact) mass is 332 g/mol. The third-order valence-electron chi connectivity index (χ3n) is 2.16. The lowest BCUT2D eigenvalue weighted by molar-refractivity contribution is 0.237. The zero-order valence-electron chi connectivity index (χ0n) is 10.4. The van der Waals surface area contributed by atoms with Gasteiger partial charge in [0.15, 0.2) is 0 Å². The van der Waals surface area contributed by atoms with Gasteiger partial charge in [0.2, 0.25) is 0 Å². The van der Waals surface area contributed by atoms with Crippen LogP contribution in [0, 0.1) is 0 Å². The summed E-state index contributed by atoms with van der Waals surface area (Å²) in [5, 5.41) is 0. The van der Waals surface area contributed by atoms with E-state index in [1.807, 2.05) is 0 Å². The third-order valence-corrected chi connectivity index (χ3v) is 4.36. The lowest BCUT2D eigenvalue weighted by atomic mass is 10.4. The first-order valence-corrected chi connectivity index (χ1v) is 8.75. The van der Waals surface area contributed by atoms with E-state index >= 15 is 0 Å². The SMILES string of the molecule is O=S1(=O)CC=C(F)CCO1.O=S1(=O)CC=CC(F)CO1. The van der Waals surface area contributed by atoms with Gasteiger partial charge in [0.05, 0.1) is 23.9 Å². The summed E-state index contributed by atoms with van der Waals surface area (Å²) in [6, 6.07) is 0. The summed E-state index contributed by atoms with van der Waals surface area (Å²) in [4.78, 5) is 0. The first-order valence-electron chi connectivity index (χ1n) is 5.60. The van der Waals surface area contributed by atoms with Gasteiger partial charge in [-0.05, 0) is 6.08 Å². The lowest BCUT2D eigenvalue weighted by Gasteiger charge is -1.99. The van der Waals surface area contributed by atoms with Crippen molar-refractivity contribution in [3.05, 3.63) is 24.1 Å². The Morgan fingerprint density at radius 2 is 1.75 bits per heavy atom. The van der Waals surface area contributed by atoms with E-state index in [0.29, 0.717) is 0 Å². The van der Waals surface area contributed by atoms with E-state index < -0.39 is 38.8 Å². The molecule has 0 spiro atoms. The molecular weight excluding hydrogens is 318 g/mol. The van der Waals surface area contributed by atoms with Crippen molar-refractivity contribution in [1.29, 1.82) is 0 Å². The van der Waals surface area contributed by atoms with Gasteiger partial charge in [-0.1, -0.05) is 12.2 Å². The molecule has 0 N–H and O–H groups in total. The maximum atomic E-state index is 12.3. The number of hydrogen-bond acceptors (Lipinski definition) is 6. The average Bonchev–Trinajstić information content (AvgIpc) is 2.58. The quantitative estimate of drug-likeness (QED) is 0.482. The van der Waals surface area contributed by atoms with Gasteiger partial charge >= 0.3 is 0 Å². The Bertz CT molecular complexity index is 579. The molecular formula is C10H14F2O6S2. The van der Waals surface area contributed by atoms with Gasteiger partial charge in [-0.3, -0.25) is 8.37 Å². The second kappa shape index (κ2) is 7.25. The Labute approximate surface area is 116 Å². The molecule has 20 heavy (non-hydrogen) atoms. The summed E-state index contributed by atoms with van der Waals surface area (Å²) >= 11 is 0. The molecule has 0 radical (unpaired) electrons. The Kier molecular flexibility index (Phi) is 6.24. The zero-order valence-corrected chi connectivity index (χ0v) is 12.0. The van der Waals surface area contributed by atoms with E-state index in [2.05, 4.69) is 8.37 Å². The van der Waals surface area contributed by atoms with E-state index in [0.717, 1.165) is 6.08 Å². The summed E-state index contributed by atoms with van der Waals surface area (Å²) in [5.74, 6) is -0.993. The first-order chi connectivity index (χ1) is 9.20. The Hall–Kier alpha value is -0.840. The van der Waals surface area contributed by atoms with Crippen molar-refractivity contribution < 1.29 is 34.0 Å². The molecule has 0 aliphatic carbocycles. The van der Waals surface area contributed by atoms with Crippen LogP contribution in [-0.4, -0.2) is 47.7 Å². The van der Waals surface area contributed by atoms with Crippen LogP contribution in [0.15, 0.2) is 24.1 Å². The van der Waals surface area contributed by atoms with Crippen LogP contribution in [0.25, 0.3) is 0 Å². The molecule has 0 bridgehead atoms. The molecule has 0 saturated heterocycles. The maximum absolute atomic E-state index is 12.3. The van der Waals surface area contributed by atoms with Crippen molar-refractivity contribution in [3.63, 3.8) is 0 Å². The number of halogens is 2. The summed E-state index contributed by atoms with van der Waals surface area (Å²) in [7, 11) is -6.95. The van der Waals surface area contributed by atoms with Crippen molar-refractivity contribution in [3.8, 4) is 0 Å². The van der Waals surface area contributed by atoms with Gasteiger partial charge in [-0.15, -0.1) is 0 Å². The van der Waals surface area contributed by atoms with Crippen LogP contribution < -0.4 is 0 Å². The van der Waals surface area contributed by atoms with E-state index in [4.69, 9.17) is 0 Å². The van der Waals surface area contributed by atoms with Crippen LogP contribution in [0.3, 0.4) is 0 Å². The predicted molar refractivity (Wildman–Crippen MR) is 67.3 cm³/mol. The Balaban J connectivity index is 0.000000200. The number of alkyl halides is 1. The Morgan fingerprint density at radius 1 is 1.10 bits per heavy atom. The van der Waals surface area contributed by atoms with Crippen molar-refractivity contribution in [1.82, 2.24) is 0 Å². The standard InChI is InChI=1S/2C5H7FO3S/c6-5-1-3-9-10(7,8)4-2-5;6-5-2-1-3-10(7,8)9-4-5/h2H,1,3-4H2;1-2,5H,3-4H2. The molecule has 0 aromatic carbocycles. The van der Waals surface area contributed by atoms with Crippen LogP contribution in [0.1, 0.15) is 6.42 Å². The molecule has 1 atom stereocenters. The van der Waals surface area contributed by atoms with E-state index in [-0.39, 0.29) is 24.5 Å². The second-order valence-corrected chi connectivity index (χ2v) is 7.27. The van der Waals surface area contributed by atoms with E-state index in [1.165, 1.54) is 12.2 Å². The minimum absolute atomic E-state index is 0.0548. The number of rotatable bonds is 0. The van der Waals surface area contributed by atoms with Gasteiger partial charge in [0.25, 0.3) is 20.2 Å². The van der Waals surface area contributed by atoms with Gasteiger partial charge in [0.1, 0.15) is 12.8 Å². The van der Waals surface area contributed by atoms with E-state index in [1.54, 1.807) is 0 Å². The second-order valence-electron chi connectivity index (χ2n) is 3.90. The van der Waals surface area contributed by atoms with Crippen LogP contribution >= 0.6 is 0 Å².